The summed E-state index contributed by atoms with van der Waals surface area (Å²) in [5.41, 5.74) is 1.64. The molecular weight excluding hydrogens is 417 g/mol. The highest BCUT2D eigenvalue weighted by Gasteiger charge is 2.33. The van der Waals surface area contributed by atoms with E-state index >= 15 is 0 Å². The molecule has 2 aromatic heterocycles. The molecule has 1 fully saturated rings. The van der Waals surface area contributed by atoms with Gasteiger partial charge in [-0.3, -0.25) is 9.78 Å². The van der Waals surface area contributed by atoms with Crippen LogP contribution in [0.15, 0.2) is 67.0 Å². The number of carbonyl (C=O) groups is 1. The van der Waals surface area contributed by atoms with E-state index in [0.29, 0.717) is 24.7 Å². The van der Waals surface area contributed by atoms with Gasteiger partial charge in [0.1, 0.15) is 28.9 Å². The lowest BCUT2D eigenvalue weighted by molar-refractivity contribution is -0.149. The van der Waals surface area contributed by atoms with Crippen LogP contribution in [0, 0.1) is 5.82 Å². The summed E-state index contributed by atoms with van der Waals surface area (Å²) >= 11 is 1.57. The van der Waals surface area contributed by atoms with Crippen LogP contribution in [0.3, 0.4) is 0 Å². The van der Waals surface area contributed by atoms with E-state index < -0.39 is 0 Å². The van der Waals surface area contributed by atoms with Gasteiger partial charge in [-0.1, -0.05) is 12.1 Å². The topological polar surface area (TPSA) is 64.6 Å². The highest BCUT2D eigenvalue weighted by molar-refractivity contribution is 7.18. The Kier molecular flexibility index (Phi) is 5.31. The largest absolute Gasteiger partial charge is 0.457 e. The number of carbonyl (C=O) groups excluding carboxylic acids is 1. The molecule has 0 aliphatic carbocycles. The van der Waals surface area contributed by atoms with Gasteiger partial charge in [0.05, 0.1) is 29.4 Å². The molecule has 0 saturated carbocycles. The van der Waals surface area contributed by atoms with Crippen molar-refractivity contribution in [3.05, 3.63) is 83.4 Å². The zero-order valence-corrected chi connectivity index (χ0v) is 17.2. The maximum absolute atomic E-state index is 13.2. The third-order valence-electron chi connectivity index (χ3n) is 5.05. The van der Waals surface area contributed by atoms with Crippen LogP contribution in [-0.4, -0.2) is 34.0 Å². The quantitative estimate of drug-likeness (QED) is 0.454. The van der Waals surface area contributed by atoms with Crippen molar-refractivity contribution in [1.29, 1.82) is 0 Å². The molecule has 8 heteroatoms. The molecule has 156 valence electrons. The number of ether oxygens (including phenoxy) is 2. The van der Waals surface area contributed by atoms with Gasteiger partial charge in [-0.2, -0.15) is 0 Å². The molecule has 1 aliphatic rings. The highest BCUT2D eigenvalue weighted by Crippen LogP contribution is 2.35. The standard InChI is InChI=1S/C23H18FN3O3S/c24-15-5-7-16(8-6-15)30-20-9-10-25-11-17(20)19-13-29-14-23(28)27(19)12-22-26-18-3-1-2-4-21(18)31-22/h1-11,19H,12-14H2. The second-order valence-corrected chi connectivity index (χ2v) is 8.21. The van der Waals surface area contributed by atoms with Gasteiger partial charge < -0.3 is 14.4 Å². The van der Waals surface area contributed by atoms with E-state index in [9.17, 15) is 9.18 Å². The maximum atomic E-state index is 13.2. The molecule has 0 radical (unpaired) electrons. The predicted molar refractivity (Wildman–Crippen MR) is 114 cm³/mol. The van der Waals surface area contributed by atoms with E-state index in [1.807, 2.05) is 24.3 Å². The Bertz CT molecular complexity index is 1200. The molecular formula is C23H18FN3O3S. The Balaban J connectivity index is 1.46. The Morgan fingerprint density at radius 3 is 2.84 bits per heavy atom. The number of aromatic nitrogens is 2. The second-order valence-electron chi connectivity index (χ2n) is 7.10. The van der Waals surface area contributed by atoms with Gasteiger partial charge in [0.25, 0.3) is 0 Å². The van der Waals surface area contributed by atoms with Crippen molar-refractivity contribution >= 4 is 27.5 Å². The summed E-state index contributed by atoms with van der Waals surface area (Å²) in [6.07, 6.45) is 3.29. The third-order valence-corrected chi connectivity index (χ3v) is 6.07. The monoisotopic (exact) mass is 435 g/mol. The minimum absolute atomic E-state index is 0.0236. The molecule has 4 aromatic rings. The Morgan fingerprint density at radius 2 is 2.00 bits per heavy atom. The molecule has 1 unspecified atom stereocenters. The second kappa shape index (κ2) is 8.41. The number of amides is 1. The van der Waals surface area contributed by atoms with E-state index in [1.54, 1.807) is 46.8 Å². The van der Waals surface area contributed by atoms with Gasteiger partial charge in [-0.15, -0.1) is 11.3 Å². The normalized spacial score (nSPS) is 16.6. The fraction of sp³-hybridized carbons (Fsp3) is 0.174. The van der Waals surface area contributed by atoms with Crippen molar-refractivity contribution in [2.45, 2.75) is 12.6 Å². The molecule has 1 saturated heterocycles. The number of fused-ring (bicyclic) bond motifs is 1. The van der Waals surface area contributed by atoms with Crippen LogP contribution in [0.1, 0.15) is 16.6 Å². The van der Waals surface area contributed by atoms with Crippen LogP contribution in [0.4, 0.5) is 4.39 Å². The summed E-state index contributed by atoms with van der Waals surface area (Å²) in [6.45, 7) is 0.717. The van der Waals surface area contributed by atoms with E-state index in [1.165, 1.54) is 12.1 Å². The molecule has 31 heavy (non-hydrogen) atoms. The average Bonchev–Trinajstić information content (AvgIpc) is 3.20. The zero-order chi connectivity index (χ0) is 21.2. The first kappa shape index (κ1) is 19.6. The first-order valence-electron chi connectivity index (χ1n) is 9.76. The minimum Gasteiger partial charge on any atom is -0.457 e. The molecule has 0 N–H and O–H groups in total. The number of morpholine rings is 1. The first-order valence-corrected chi connectivity index (χ1v) is 10.6. The van der Waals surface area contributed by atoms with Gasteiger partial charge in [-0.05, 0) is 42.5 Å². The van der Waals surface area contributed by atoms with Gasteiger partial charge in [0.2, 0.25) is 5.91 Å². The molecule has 0 bridgehead atoms. The van der Waals surface area contributed by atoms with Gasteiger partial charge in [-0.25, -0.2) is 9.37 Å². The van der Waals surface area contributed by atoms with Crippen LogP contribution in [0.25, 0.3) is 10.2 Å². The van der Waals surface area contributed by atoms with Crippen LogP contribution in [-0.2, 0) is 16.1 Å². The summed E-state index contributed by atoms with van der Waals surface area (Å²) in [4.78, 5) is 23.4. The van der Waals surface area contributed by atoms with Gasteiger partial charge in [0, 0.05) is 18.0 Å². The summed E-state index contributed by atoms with van der Waals surface area (Å²) in [5.74, 6) is 0.580. The first-order chi connectivity index (χ1) is 15.2. The molecule has 5 rings (SSSR count). The van der Waals surface area contributed by atoms with Crippen molar-refractivity contribution in [1.82, 2.24) is 14.9 Å². The molecule has 6 nitrogen and oxygen atoms in total. The molecule has 2 aromatic carbocycles. The molecule has 0 spiro atoms. The number of nitrogens with zero attached hydrogens (tertiary/aromatic N) is 3. The van der Waals surface area contributed by atoms with Crippen molar-refractivity contribution in [2.24, 2.45) is 0 Å². The summed E-state index contributed by atoms with van der Waals surface area (Å²) < 4.78 is 25.9. The minimum atomic E-state index is -0.377. The number of pyridine rings is 1. The highest BCUT2D eigenvalue weighted by atomic mass is 32.1. The number of benzene rings is 2. The SMILES string of the molecule is O=C1COCC(c2cnccc2Oc2ccc(F)cc2)N1Cc1nc2ccccc2s1. The summed E-state index contributed by atoms with van der Waals surface area (Å²) in [5, 5.41) is 0.853. The smallest absolute Gasteiger partial charge is 0.249 e. The maximum Gasteiger partial charge on any atom is 0.249 e. The van der Waals surface area contributed by atoms with E-state index in [-0.39, 0.29) is 24.4 Å². The lowest BCUT2D eigenvalue weighted by Crippen LogP contribution is -2.43. The Morgan fingerprint density at radius 1 is 1.16 bits per heavy atom. The van der Waals surface area contributed by atoms with Gasteiger partial charge in [0.15, 0.2) is 0 Å². The molecule has 1 aliphatic heterocycles. The fourth-order valence-corrected chi connectivity index (χ4v) is 4.53. The van der Waals surface area contributed by atoms with Crippen LogP contribution in [0.2, 0.25) is 0 Å². The van der Waals surface area contributed by atoms with Crippen LogP contribution >= 0.6 is 11.3 Å². The van der Waals surface area contributed by atoms with Crippen LogP contribution < -0.4 is 4.74 Å². The number of hydrogen-bond acceptors (Lipinski definition) is 6. The van der Waals surface area contributed by atoms with E-state index in [4.69, 9.17) is 9.47 Å². The van der Waals surface area contributed by atoms with Crippen LogP contribution in [0.5, 0.6) is 11.5 Å². The molecule has 1 amide bonds. The van der Waals surface area contributed by atoms with Crippen molar-refractivity contribution in [2.75, 3.05) is 13.2 Å². The Labute approximate surface area is 181 Å². The number of halogens is 1. The third kappa shape index (κ3) is 4.12. The number of para-hydroxylation sites is 1. The number of thiazole rings is 1. The number of rotatable bonds is 5. The summed E-state index contributed by atoms with van der Waals surface area (Å²) in [7, 11) is 0. The fourth-order valence-electron chi connectivity index (χ4n) is 3.56. The summed E-state index contributed by atoms with van der Waals surface area (Å²) in [6, 6.07) is 15.0. The average molecular weight is 435 g/mol. The zero-order valence-electron chi connectivity index (χ0n) is 16.4. The lowest BCUT2D eigenvalue weighted by Gasteiger charge is -2.35. The van der Waals surface area contributed by atoms with E-state index in [2.05, 4.69) is 9.97 Å². The van der Waals surface area contributed by atoms with Crippen molar-refractivity contribution in [3.8, 4) is 11.5 Å². The molecule has 1 atom stereocenters. The van der Waals surface area contributed by atoms with Gasteiger partial charge >= 0.3 is 0 Å². The molecule has 3 heterocycles. The van der Waals surface area contributed by atoms with E-state index in [0.717, 1.165) is 20.8 Å². The lowest BCUT2D eigenvalue weighted by atomic mass is 10.1. The number of hydrogen-bond donors (Lipinski definition) is 0. The predicted octanol–water partition coefficient (Wildman–Crippen LogP) is 4.72. The Hall–Kier alpha value is -3.36. The van der Waals surface area contributed by atoms with Crippen molar-refractivity contribution < 1.29 is 18.7 Å². The van der Waals surface area contributed by atoms with Crippen molar-refractivity contribution in [3.63, 3.8) is 0 Å².